The average molecular weight is 479 g/mol. The summed E-state index contributed by atoms with van der Waals surface area (Å²) in [5.74, 6) is 0.988. The van der Waals surface area contributed by atoms with Crippen molar-refractivity contribution in [2.75, 3.05) is 0 Å². The Morgan fingerprint density at radius 2 is 1.91 bits per heavy atom. The maximum absolute atomic E-state index is 13.7. The maximum atomic E-state index is 13.7. The van der Waals surface area contributed by atoms with E-state index < -0.39 is 0 Å². The minimum absolute atomic E-state index is 0.0159. The van der Waals surface area contributed by atoms with Crippen molar-refractivity contribution >= 4 is 54.9 Å². The fraction of sp³-hybridized carbons (Fsp3) is 0.217. The third-order valence-electron chi connectivity index (χ3n) is 5.67. The SMILES string of the molecule is O=c1[nH]c(CSc2nc3sc4c(c3c(=O)n2-c2ccccc2)CCCC4)nc2ccsc12. The lowest BCUT2D eigenvalue weighted by molar-refractivity contribution is 0.699. The molecule has 0 saturated heterocycles. The van der Waals surface area contributed by atoms with E-state index in [4.69, 9.17) is 4.98 Å². The molecule has 0 unspecified atom stereocenters. The molecule has 1 aliphatic rings. The molecular weight excluding hydrogens is 460 g/mol. The van der Waals surface area contributed by atoms with Gasteiger partial charge >= 0.3 is 0 Å². The minimum atomic E-state index is -0.129. The molecular formula is C23H18N4O2S3. The minimum Gasteiger partial charge on any atom is -0.309 e. The molecule has 1 N–H and O–H groups in total. The van der Waals surface area contributed by atoms with Crippen LogP contribution in [0.15, 0.2) is 56.5 Å². The second kappa shape index (κ2) is 7.99. The molecule has 4 heterocycles. The number of rotatable bonds is 4. The highest BCUT2D eigenvalue weighted by Gasteiger charge is 2.23. The van der Waals surface area contributed by atoms with Crippen molar-refractivity contribution in [3.05, 3.63) is 78.8 Å². The van der Waals surface area contributed by atoms with Crippen molar-refractivity contribution in [1.29, 1.82) is 0 Å². The van der Waals surface area contributed by atoms with Gasteiger partial charge in [-0.3, -0.25) is 14.2 Å². The second-order valence-electron chi connectivity index (χ2n) is 7.70. The summed E-state index contributed by atoms with van der Waals surface area (Å²) in [5.41, 5.74) is 2.53. The van der Waals surface area contributed by atoms with Gasteiger partial charge in [0.1, 0.15) is 15.4 Å². The lowest BCUT2D eigenvalue weighted by Crippen LogP contribution is -2.22. The molecule has 0 spiro atoms. The van der Waals surface area contributed by atoms with E-state index >= 15 is 0 Å². The molecule has 0 bridgehead atoms. The Bertz CT molecular complexity index is 1580. The number of fused-ring (bicyclic) bond motifs is 4. The van der Waals surface area contributed by atoms with E-state index in [1.165, 1.54) is 40.0 Å². The van der Waals surface area contributed by atoms with E-state index in [-0.39, 0.29) is 11.1 Å². The molecule has 9 heteroatoms. The van der Waals surface area contributed by atoms with E-state index in [1.807, 2.05) is 41.8 Å². The van der Waals surface area contributed by atoms with Gasteiger partial charge < -0.3 is 4.98 Å². The summed E-state index contributed by atoms with van der Waals surface area (Å²) in [6.07, 6.45) is 4.25. The number of aryl methyl sites for hydroxylation is 2. The Hall–Kier alpha value is -2.75. The molecule has 0 amide bonds. The molecule has 4 aromatic heterocycles. The second-order valence-corrected chi connectivity index (χ2v) is 10.6. The van der Waals surface area contributed by atoms with Gasteiger partial charge in [-0.2, -0.15) is 0 Å². The van der Waals surface area contributed by atoms with E-state index in [9.17, 15) is 9.59 Å². The van der Waals surface area contributed by atoms with Crippen LogP contribution < -0.4 is 11.1 Å². The van der Waals surface area contributed by atoms with Gasteiger partial charge in [0, 0.05) is 4.88 Å². The topological polar surface area (TPSA) is 80.6 Å². The molecule has 160 valence electrons. The first-order chi connectivity index (χ1) is 15.7. The Balaban J connectivity index is 1.48. The average Bonchev–Trinajstić information content (AvgIpc) is 3.43. The highest BCUT2D eigenvalue weighted by Crippen LogP contribution is 2.35. The summed E-state index contributed by atoms with van der Waals surface area (Å²) >= 11 is 4.45. The van der Waals surface area contributed by atoms with Crippen molar-refractivity contribution in [2.24, 2.45) is 0 Å². The van der Waals surface area contributed by atoms with Crippen molar-refractivity contribution in [2.45, 2.75) is 36.6 Å². The predicted octanol–water partition coefficient (Wildman–Crippen LogP) is 4.92. The molecule has 6 rings (SSSR count). The lowest BCUT2D eigenvalue weighted by atomic mass is 9.97. The van der Waals surface area contributed by atoms with E-state index in [0.717, 1.165) is 35.2 Å². The molecule has 0 saturated carbocycles. The Kier molecular flexibility index (Phi) is 4.97. The van der Waals surface area contributed by atoms with Gasteiger partial charge in [0.2, 0.25) is 0 Å². The van der Waals surface area contributed by atoms with Crippen LogP contribution >= 0.6 is 34.4 Å². The van der Waals surface area contributed by atoms with Crippen molar-refractivity contribution in [3.63, 3.8) is 0 Å². The van der Waals surface area contributed by atoms with Gasteiger partial charge in [-0.15, -0.1) is 22.7 Å². The molecule has 6 nitrogen and oxygen atoms in total. The molecule has 32 heavy (non-hydrogen) atoms. The predicted molar refractivity (Wildman–Crippen MR) is 132 cm³/mol. The zero-order valence-electron chi connectivity index (χ0n) is 17.0. The number of H-pyrrole nitrogens is 1. The molecule has 1 aliphatic carbocycles. The first-order valence-corrected chi connectivity index (χ1v) is 13.1. The number of thiophene rings is 2. The monoisotopic (exact) mass is 478 g/mol. The Morgan fingerprint density at radius 3 is 2.78 bits per heavy atom. The van der Waals surface area contributed by atoms with Gasteiger partial charge in [-0.05, 0) is 54.8 Å². The zero-order valence-corrected chi connectivity index (χ0v) is 19.4. The van der Waals surface area contributed by atoms with Crippen LogP contribution in [0.2, 0.25) is 0 Å². The molecule has 0 atom stereocenters. The molecule has 0 aliphatic heterocycles. The first-order valence-electron chi connectivity index (χ1n) is 10.4. The standard InChI is InChI=1S/C23H18N4O2S3/c28-20-19-15(10-11-30-19)24-17(25-20)12-31-23-26-21-18(14-8-4-5-9-16(14)32-21)22(29)27(23)13-6-2-1-3-7-13/h1-3,6-7,10-11H,4-5,8-9,12H2,(H,24,25,28). The van der Waals surface area contributed by atoms with Gasteiger partial charge in [0.05, 0.1) is 22.3 Å². The summed E-state index contributed by atoms with van der Waals surface area (Å²) in [5, 5.41) is 3.25. The van der Waals surface area contributed by atoms with Gasteiger partial charge in [0.25, 0.3) is 11.1 Å². The number of para-hydroxylation sites is 1. The summed E-state index contributed by atoms with van der Waals surface area (Å²) < 4.78 is 2.33. The fourth-order valence-corrected chi connectivity index (χ4v) is 7.12. The van der Waals surface area contributed by atoms with Crippen LogP contribution in [0, 0.1) is 0 Å². The van der Waals surface area contributed by atoms with Crippen LogP contribution in [0.4, 0.5) is 0 Å². The van der Waals surface area contributed by atoms with Crippen molar-refractivity contribution in [1.82, 2.24) is 19.5 Å². The van der Waals surface area contributed by atoms with Crippen LogP contribution in [0.3, 0.4) is 0 Å². The zero-order chi connectivity index (χ0) is 21.7. The number of hydrogen-bond donors (Lipinski definition) is 1. The molecule has 0 radical (unpaired) electrons. The number of benzene rings is 1. The highest BCUT2D eigenvalue weighted by molar-refractivity contribution is 7.98. The first kappa shape index (κ1) is 19.9. The third-order valence-corrected chi connectivity index (χ3v) is 8.71. The number of aromatic nitrogens is 4. The van der Waals surface area contributed by atoms with Gasteiger partial charge in [-0.1, -0.05) is 30.0 Å². The van der Waals surface area contributed by atoms with Crippen LogP contribution in [0.1, 0.15) is 29.1 Å². The van der Waals surface area contributed by atoms with Crippen LogP contribution in [-0.2, 0) is 18.6 Å². The quantitative estimate of drug-likeness (QED) is 0.293. The molecule has 5 aromatic rings. The highest BCUT2D eigenvalue weighted by atomic mass is 32.2. The van der Waals surface area contributed by atoms with Gasteiger partial charge in [-0.25, -0.2) is 9.97 Å². The van der Waals surface area contributed by atoms with E-state index in [2.05, 4.69) is 9.97 Å². The Morgan fingerprint density at radius 1 is 1.06 bits per heavy atom. The number of hydrogen-bond acceptors (Lipinski definition) is 7. The number of thioether (sulfide) groups is 1. The molecule has 1 aromatic carbocycles. The maximum Gasteiger partial charge on any atom is 0.268 e. The number of nitrogens with zero attached hydrogens (tertiary/aromatic N) is 3. The molecule has 0 fully saturated rings. The number of aromatic amines is 1. The largest absolute Gasteiger partial charge is 0.309 e. The number of nitrogens with one attached hydrogen (secondary N) is 1. The smallest absolute Gasteiger partial charge is 0.268 e. The van der Waals surface area contributed by atoms with Crippen LogP contribution in [0.25, 0.3) is 26.1 Å². The third kappa shape index (κ3) is 3.32. The van der Waals surface area contributed by atoms with Crippen molar-refractivity contribution < 1.29 is 0 Å². The normalized spacial score (nSPS) is 13.6. The fourth-order valence-electron chi connectivity index (χ4n) is 4.21. The summed E-state index contributed by atoms with van der Waals surface area (Å²) in [4.78, 5) is 40.6. The summed E-state index contributed by atoms with van der Waals surface area (Å²) in [6, 6.07) is 11.5. The van der Waals surface area contributed by atoms with Crippen LogP contribution in [0.5, 0.6) is 0 Å². The van der Waals surface area contributed by atoms with E-state index in [0.29, 0.717) is 27.0 Å². The van der Waals surface area contributed by atoms with Crippen LogP contribution in [-0.4, -0.2) is 19.5 Å². The summed E-state index contributed by atoms with van der Waals surface area (Å²) in [6.45, 7) is 0. The summed E-state index contributed by atoms with van der Waals surface area (Å²) in [7, 11) is 0. The van der Waals surface area contributed by atoms with E-state index in [1.54, 1.807) is 15.9 Å². The van der Waals surface area contributed by atoms with Gasteiger partial charge in [0.15, 0.2) is 5.16 Å². The lowest BCUT2D eigenvalue weighted by Gasteiger charge is -2.13. The van der Waals surface area contributed by atoms with Crippen molar-refractivity contribution in [3.8, 4) is 5.69 Å². The Labute approximate surface area is 195 Å².